The van der Waals surface area contributed by atoms with E-state index in [1.165, 1.54) is 0 Å². The van der Waals surface area contributed by atoms with E-state index < -0.39 is 0 Å². The molecule has 31 heavy (non-hydrogen) atoms. The van der Waals surface area contributed by atoms with Crippen LogP contribution in [0, 0.1) is 24.3 Å². The Balaban J connectivity index is 1.66. The van der Waals surface area contributed by atoms with Gasteiger partial charge in [-0.25, -0.2) is 15.0 Å². The van der Waals surface area contributed by atoms with E-state index >= 15 is 0 Å². The number of anilines is 1. The predicted octanol–water partition coefficient (Wildman–Crippen LogP) is 2.04. The Hall–Kier alpha value is -3.40. The summed E-state index contributed by atoms with van der Waals surface area (Å²) < 4.78 is 0. The number of aryl methyl sites for hydroxylation is 1. The number of para-hydroxylation sites is 1. The average Bonchev–Trinajstić information content (AvgIpc) is 2.79. The highest BCUT2D eigenvalue weighted by Crippen LogP contribution is 2.23. The van der Waals surface area contributed by atoms with Crippen molar-refractivity contribution in [1.29, 1.82) is 5.26 Å². The van der Waals surface area contributed by atoms with Gasteiger partial charge in [-0.2, -0.15) is 5.26 Å². The Morgan fingerprint density at radius 2 is 2.00 bits per heavy atom. The van der Waals surface area contributed by atoms with E-state index in [0.29, 0.717) is 11.9 Å². The zero-order valence-electron chi connectivity index (χ0n) is 18.4. The van der Waals surface area contributed by atoms with Crippen molar-refractivity contribution in [2.45, 2.75) is 39.7 Å². The number of nitrogens with zero attached hydrogens (tertiary/aromatic N) is 6. The molecular formula is C24H29N7. The Labute approximate surface area is 183 Å². The summed E-state index contributed by atoms with van der Waals surface area (Å²) in [4.78, 5) is 18.5. The molecule has 2 aromatic rings. The van der Waals surface area contributed by atoms with E-state index in [0.717, 1.165) is 60.1 Å². The van der Waals surface area contributed by atoms with E-state index in [2.05, 4.69) is 57.3 Å². The molecule has 1 aromatic carbocycles. The first-order chi connectivity index (χ1) is 15.1. The summed E-state index contributed by atoms with van der Waals surface area (Å²) in [6, 6.07) is 8.18. The molecule has 1 aliphatic carbocycles. The maximum Gasteiger partial charge on any atom is 0.212 e. The summed E-state index contributed by atoms with van der Waals surface area (Å²) in [6.07, 6.45) is 10.3. The van der Waals surface area contributed by atoms with Gasteiger partial charge in [-0.05, 0) is 37.3 Å². The lowest BCUT2D eigenvalue weighted by molar-refractivity contribution is 0.219. The second kappa shape index (κ2) is 9.17. The summed E-state index contributed by atoms with van der Waals surface area (Å²) >= 11 is 0. The van der Waals surface area contributed by atoms with Gasteiger partial charge in [-0.3, -0.25) is 5.32 Å². The zero-order chi connectivity index (χ0) is 21.8. The molecule has 7 heteroatoms. The van der Waals surface area contributed by atoms with Gasteiger partial charge in [0.1, 0.15) is 12.1 Å². The maximum atomic E-state index is 9.40. The lowest BCUT2D eigenvalue weighted by Gasteiger charge is -2.44. The van der Waals surface area contributed by atoms with Crippen LogP contribution in [0.25, 0.3) is 12.2 Å². The van der Waals surface area contributed by atoms with Crippen molar-refractivity contribution in [1.82, 2.24) is 20.2 Å². The van der Waals surface area contributed by atoms with Crippen LogP contribution in [0.15, 0.2) is 35.6 Å². The molecule has 0 saturated carbocycles. The molecule has 0 spiro atoms. The van der Waals surface area contributed by atoms with Gasteiger partial charge >= 0.3 is 0 Å². The summed E-state index contributed by atoms with van der Waals surface area (Å²) in [5, 5.41) is 14.4. The molecule has 1 aromatic heterocycles. The van der Waals surface area contributed by atoms with Crippen LogP contribution in [-0.4, -0.2) is 46.5 Å². The average molecular weight is 416 g/mol. The molecule has 1 N–H and O–H groups in total. The molecule has 1 atom stereocenters. The number of hydrogen-bond donors (Lipinski definition) is 1. The van der Waals surface area contributed by atoms with Crippen LogP contribution in [-0.2, 0) is 0 Å². The predicted molar refractivity (Wildman–Crippen MR) is 124 cm³/mol. The Morgan fingerprint density at radius 3 is 2.77 bits per heavy atom. The first-order valence-corrected chi connectivity index (χ1v) is 10.9. The number of nitrogens with one attached hydrogen (secondary N) is 1. The van der Waals surface area contributed by atoms with Crippen molar-refractivity contribution in [3.8, 4) is 6.19 Å². The molecular weight excluding hydrogens is 386 g/mol. The standard InChI is InChI=1S/C24H29N7/c1-17(2)22-14-30(23-19-9-5-7-11-21(19)27-16-28-23)12-13-31(22)24(26-15-25)29-20-10-6-4-8-18(20)3/h4,6,8-11,16-17,22H,5,7,12-14H2,1-3H3,(H,26,29). The molecule has 160 valence electrons. The van der Waals surface area contributed by atoms with Crippen LogP contribution >= 0.6 is 0 Å². The Kier molecular flexibility index (Phi) is 6.17. The van der Waals surface area contributed by atoms with Gasteiger partial charge < -0.3 is 9.80 Å². The van der Waals surface area contributed by atoms with Gasteiger partial charge in [-0.1, -0.05) is 44.2 Å². The molecule has 0 amide bonds. The summed E-state index contributed by atoms with van der Waals surface area (Å²) in [7, 11) is 0. The molecule has 0 radical (unpaired) electrons. The number of piperazine rings is 1. The van der Waals surface area contributed by atoms with Crippen molar-refractivity contribution >= 4 is 29.6 Å². The van der Waals surface area contributed by atoms with Gasteiger partial charge in [0.15, 0.2) is 6.19 Å². The minimum Gasteiger partial charge on any atom is -0.352 e. The monoisotopic (exact) mass is 415 g/mol. The minimum absolute atomic E-state index is 0.190. The van der Waals surface area contributed by atoms with Gasteiger partial charge in [0.05, 0.1) is 17.1 Å². The van der Waals surface area contributed by atoms with Crippen LogP contribution in [0.4, 0.5) is 11.5 Å². The Bertz CT molecular complexity index is 1130. The van der Waals surface area contributed by atoms with E-state index in [1.54, 1.807) is 6.33 Å². The van der Waals surface area contributed by atoms with Crippen molar-refractivity contribution in [3.05, 3.63) is 46.7 Å². The highest BCUT2D eigenvalue weighted by molar-refractivity contribution is 5.85. The molecule has 1 unspecified atom stereocenters. The molecule has 7 nitrogen and oxygen atoms in total. The number of benzene rings is 1. The van der Waals surface area contributed by atoms with Gasteiger partial charge in [-0.15, -0.1) is 0 Å². The Morgan fingerprint density at radius 1 is 1.19 bits per heavy atom. The van der Waals surface area contributed by atoms with Crippen molar-refractivity contribution in [2.24, 2.45) is 10.9 Å². The lowest BCUT2D eigenvalue weighted by atomic mass is 9.99. The van der Waals surface area contributed by atoms with E-state index in [-0.39, 0.29) is 6.04 Å². The molecule has 1 fully saturated rings. The molecule has 2 heterocycles. The van der Waals surface area contributed by atoms with Crippen LogP contribution in [0.5, 0.6) is 0 Å². The van der Waals surface area contributed by atoms with Crippen molar-refractivity contribution in [2.75, 3.05) is 24.5 Å². The fraction of sp³-hybridized carbons (Fsp3) is 0.417. The first kappa shape index (κ1) is 20.9. The molecule has 2 aliphatic rings. The molecule has 0 bridgehead atoms. The second-order valence-corrected chi connectivity index (χ2v) is 8.39. The third-order valence-corrected chi connectivity index (χ3v) is 6.02. The summed E-state index contributed by atoms with van der Waals surface area (Å²) in [5.74, 6) is 2.00. The number of aliphatic imine (C=N–C) groups is 1. The van der Waals surface area contributed by atoms with Crippen LogP contribution < -0.4 is 20.8 Å². The van der Waals surface area contributed by atoms with Crippen LogP contribution in [0.3, 0.4) is 0 Å². The summed E-state index contributed by atoms with van der Waals surface area (Å²) in [5.41, 5.74) is 1.96. The zero-order valence-corrected chi connectivity index (χ0v) is 18.4. The van der Waals surface area contributed by atoms with Crippen molar-refractivity contribution in [3.63, 3.8) is 0 Å². The third kappa shape index (κ3) is 4.38. The second-order valence-electron chi connectivity index (χ2n) is 8.39. The molecule has 1 saturated heterocycles. The number of guanidine groups is 1. The SMILES string of the molecule is Cc1ccccc1N=C(NC#N)N1CCN(c2ncnc3c2=CCCC=3)CC1C(C)C. The third-order valence-electron chi connectivity index (χ3n) is 6.02. The fourth-order valence-electron chi connectivity index (χ4n) is 4.31. The van der Waals surface area contributed by atoms with Gasteiger partial charge in [0.2, 0.25) is 5.96 Å². The van der Waals surface area contributed by atoms with E-state index in [1.807, 2.05) is 31.2 Å². The maximum absolute atomic E-state index is 9.40. The van der Waals surface area contributed by atoms with Crippen LogP contribution in [0.1, 0.15) is 32.3 Å². The minimum atomic E-state index is 0.190. The number of nitriles is 1. The first-order valence-electron chi connectivity index (χ1n) is 10.9. The number of aromatic nitrogens is 2. The number of rotatable bonds is 3. The fourth-order valence-corrected chi connectivity index (χ4v) is 4.31. The van der Waals surface area contributed by atoms with Crippen LogP contribution in [0.2, 0.25) is 0 Å². The smallest absolute Gasteiger partial charge is 0.212 e. The number of fused-ring (bicyclic) bond motifs is 1. The van der Waals surface area contributed by atoms with Gasteiger partial charge in [0.25, 0.3) is 0 Å². The van der Waals surface area contributed by atoms with Crippen molar-refractivity contribution < 1.29 is 0 Å². The highest BCUT2D eigenvalue weighted by atomic mass is 15.4. The lowest BCUT2D eigenvalue weighted by Crippen LogP contribution is -2.60. The molecule has 4 rings (SSSR count). The molecule has 1 aliphatic heterocycles. The largest absolute Gasteiger partial charge is 0.352 e. The van der Waals surface area contributed by atoms with E-state index in [9.17, 15) is 5.26 Å². The topological polar surface area (TPSA) is 80.4 Å². The number of hydrogen-bond acceptors (Lipinski definition) is 5. The quantitative estimate of drug-likeness (QED) is 0.358. The highest BCUT2D eigenvalue weighted by Gasteiger charge is 2.32. The summed E-state index contributed by atoms with van der Waals surface area (Å²) in [6.45, 7) is 8.84. The van der Waals surface area contributed by atoms with Gasteiger partial charge in [0, 0.05) is 24.9 Å². The normalized spacial score (nSPS) is 18.7. The van der Waals surface area contributed by atoms with E-state index in [4.69, 9.17) is 4.99 Å².